The molecule has 2 heterocycles. The summed E-state index contributed by atoms with van der Waals surface area (Å²) in [7, 11) is 4.91. The zero-order chi connectivity index (χ0) is 56.0. The molecule has 19 nitrogen and oxygen atoms in total. The van der Waals surface area contributed by atoms with E-state index in [4.69, 9.17) is 43.6 Å². The van der Waals surface area contributed by atoms with Crippen LogP contribution in [0.3, 0.4) is 0 Å². The molecule has 77 heavy (non-hydrogen) atoms. The second-order valence-electron chi connectivity index (χ2n) is 20.7. The lowest BCUT2D eigenvalue weighted by Crippen LogP contribution is -2.56. The summed E-state index contributed by atoms with van der Waals surface area (Å²) < 4.78 is 45.2. The summed E-state index contributed by atoms with van der Waals surface area (Å²) in [6.07, 6.45) is 5.85. The van der Waals surface area contributed by atoms with Crippen molar-refractivity contribution >= 4 is 40.7 Å². The average molecular weight is 1100 g/mol. The number of carbonyl (C=O) groups is 5. The van der Waals surface area contributed by atoms with Gasteiger partial charge in [-0.1, -0.05) is 84.2 Å². The molecule has 0 unspecified atom stereocenters. The molecule has 1 aromatic heterocycles. The van der Waals surface area contributed by atoms with Crippen LogP contribution in [0.4, 0.5) is 0 Å². The molecular formula is C57H94N6O13S. The van der Waals surface area contributed by atoms with E-state index >= 15 is 0 Å². The van der Waals surface area contributed by atoms with Crippen LogP contribution >= 0.6 is 11.3 Å². The normalized spacial score (nSPS) is 18.1. The summed E-state index contributed by atoms with van der Waals surface area (Å²) >= 11 is 1.50. The smallest absolute Gasteiger partial charge is 0.226 e. The van der Waals surface area contributed by atoms with E-state index in [0.717, 1.165) is 29.8 Å². The predicted octanol–water partition coefficient (Wildman–Crippen LogP) is 5.57. The highest BCUT2D eigenvalue weighted by atomic mass is 32.1. The van der Waals surface area contributed by atoms with Crippen LogP contribution in [0.5, 0.6) is 0 Å². The highest BCUT2D eigenvalue weighted by Crippen LogP contribution is 2.36. The molecule has 20 heteroatoms. The number of likely N-dealkylation sites (tertiary alicyclic amines) is 1. The Morgan fingerprint density at radius 1 is 0.805 bits per heavy atom. The summed E-state index contributed by atoms with van der Waals surface area (Å²) in [5.41, 5.74) is 5.40. The number of nitrogens with one attached hydrogen (secondary N) is 2. The van der Waals surface area contributed by atoms with Crippen LogP contribution in [0.15, 0.2) is 41.9 Å². The van der Waals surface area contributed by atoms with E-state index in [-0.39, 0.29) is 79.2 Å². The topological polar surface area (TPSA) is 229 Å². The summed E-state index contributed by atoms with van der Waals surface area (Å²) in [6.45, 7) is 15.8. The molecule has 1 aliphatic carbocycles. The second kappa shape index (κ2) is 36.3. The number of methoxy groups -OCH3 is 2. The number of ketones is 1. The van der Waals surface area contributed by atoms with Gasteiger partial charge in [0.25, 0.3) is 0 Å². The molecule has 436 valence electrons. The van der Waals surface area contributed by atoms with Crippen molar-refractivity contribution in [3.63, 3.8) is 0 Å². The van der Waals surface area contributed by atoms with Gasteiger partial charge in [0, 0.05) is 64.7 Å². The van der Waals surface area contributed by atoms with Crippen LogP contribution in [0.1, 0.15) is 115 Å². The largest absolute Gasteiger partial charge is 0.379 e. The predicted molar refractivity (Wildman–Crippen MR) is 295 cm³/mol. The van der Waals surface area contributed by atoms with Crippen LogP contribution in [0.2, 0.25) is 0 Å². The SMILES string of the molecule is CC[C@H](C)[C@@H]([C@@H](CC(=O)N1CCC[C@H]1[C@H](OC)[C@@H](C)C(=O)N[C@@H](Cc1ccccc1)c1nccs1)OC)N(C)C(=O)[C@@H](CC(=O)C1(NC(=O)CCOCCOCCOCCOCCOCCOCCN)CCCC1)C(C)C. The van der Waals surface area contributed by atoms with E-state index in [9.17, 15) is 24.0 Å². The number of Topliss-reactive ketones (excluding diaryl/α,β-unsaturated/α-hetero) is 1. The molecule has 0 spiro atoms. The minimum atomic E-state index is -1.06. The van der Waals surface area contributed by atoms with E-state index in [1.807, 2.05) is 68.3 Å². The number of aromatic nitrogens is 1. The standard InChI is InChI=1S/C57H94N6O13S/c1-9-42(4)52(48(69-7)40-51(66)63-24-15-18-47(63)53(70-8)43(5)54(67)60-46(55-59-23-37-77-55)38-44-16-11-10-12-17-44)62(6)56(68)45(41(2)3)39-49(64)57(20-13-14-21-57)61-50(65)19-25-71-27-29-73-31-33-75-35-36-76-34-32-74-30-28-72-26-22-58/h10-12,16-17,23,37,41-43,45-48,52-53H,9,13-15,18-22,24-36,38-40,58H2,1-8H3,(H,60,67)(H,61,65)/t42-,43+,45-,46-,47-,48+,52-,53+/m0/s1. The number of hydrogen-bond donors (Lipinski definition) is 3. The van der Waals surface area contributed by atoms with Crippen molar-refractivity contribution in [2.24, 2.45) is 29.4 Å². The summed E-state index contributed by atoms with van der Waals surface area (Å²) in [4.78, 5) is 79.2. The van der Waals surface area contributed by atoms with Gasteiger partial charge in [0.05, 0.1) is 127 Å². The van der Waals surface area contributed by atoms with Crippen LogP contribution in [-0.2, 0) is 68.3 Å². The third kappa shape index (κ3) is 21.6. The lowest BCUT2D eigenvalue weighted by atomic mass is 9.80. The van der Waals surface area contributed by atoms with E-state index in [1.54, 1.807) is 32.4 Å². The lowest BCUT2D eigenvalue weighted by molar-refractivity contribution is -0.149. The highest BCUT2D eigenvalue weighted by molar-refractivity contribution is 7.09. The maximum atomic E-state index is 14.8. The first-order valence-electron chi connectivity index (χ1n) is 28.1. The molecule has 1 aromatic carbocycles. The molecule has 2 fully saturated rings. The van der Waals surface area contributed by atoms with Crippen molar-refractivity contribution in [3.8, 4) is 0 Å². The highest BCUT2D eigenvalue weighted by Gasteiger charge is 2.46. The van der Waals surface area contributed by atoms with Gasteiger partial charge in [-0.3, -0.25) is 24.0 Å². The molecule has 1 saturated carbocycles. The Labute approximate surface area is 463 Å². The van der Waals surface area contributed by atoms with Crippen molar-refractivity contribution < 1.29 is 61.9 Å². The summed E-state index contributed by atoms with van der Waals surface area (Å²) in [5.74, 6) is -2.47. The number of rotatable bonds is 41. The van der Waals surface area contributed by atoms with Gasteiger partial charge in [-0.2, -0.15) is 0 Å². The van der Waals surface area contributed by atoms with Gasteiger partial charge in [0.2, 0.25) is 23.6 Å². The van der Waals surface area contributed by atoms with Crippen molar-refractivity contribution in [1.29, 1.82) is 0 Å². The number of thiazole rings is 1. The first-order valence-corrected chi connectivity index (χ1v) is 29.0. The number of benzene rings is 1. The van der Waals surface area contributed by atoms with Crippen molar-refractivity contribution in [3.05, 3.63) is 52.5 Å². The molecule has 1 saturated heterocycles. The first-order chi connectivity index (χ1) is 37.2. The Kier molecular flexibility index (Phi) is 30.9. The second-order valence-corrected chi connectivity index (χ2v) is 21.7. The zero-order valence-electron chi connectivity index (χ0n) is 47.5. The number of nitrogens with zero attached hydrogens (tertiary/aromatic N) is 3. The van der Waals surface area contributed by atoms with Gasteiger partial charge in [0.15, 0.2) is 5.78 Å². The van der Waals surface area contributed by atoms with Crippen LogP contribution in [0, 0.1) is 23.7 Å². The Bertz CT molecular complexity index is 1980. The van der Waals surface area contributed by atoms with Gasteiger partial charge < -0.3 is 64.1 Å². The zero-order valence-corrected chi connectivity index (χ0v) is 48.4. The maximum absolute atomic E-state index is 14.8. The van der Waals surface area contributed by atoms with Gasteiger partial charge in [-0.25, -0.2) is 4.98 Å². The van der Waals surface area contributed by atoms with E-state index in [0.29, 0.717) is 118 Å². The van der Waals surface area contributed by atoms with E-state index in [1.165, 1.54) is 11.3 Å². The fourth-order valence-electron chi connectivity index (χ4n) is 10.6. The molecule has 4 rings (SSSR count). The molecule has 4 amide bonds. The first kappa shape index (κ1) is 65.6. The number of amides is 4. The summed E-state index contributed by atoms with van der Waals surface area (Å²) in [6, 6.07) is 8.81. The molecule has 4 N–H and O–H groups in total. The van der Waals surface area contributed by atoms with Crippen molar-refractivity contribution in [1.82, 2.24) is 25.4 Å². The van der Waals surface area contributed by atoms with Crippen molar-refractivity contribution in [2.75, 3.05) is 114 Å². The van der Waals surface area contributed by atoms with E-state index < -0.39 is 35.6 Å². The Balaban J connectivity index is 1.27. The van der Waals surface area contributed by atoms with Crippen LogP contribution < -0.4 is 16.4 Å². The van der Waals surface area contributed by atoms with Gasteiger partial charge >= 0.3 is 0 Å². The maximum Gasteiger partial charge on any atom is 0.226 e. The molecule has 2 aliphatic rings. The Hall–Kier alpha value is -3.96. The van der Waals surface area contributed by atoms with Gasteiger partial charge in [-0.15, -0.1) is 11.3 Å². The number of nitrogens with two attached hydrogens (primary N) is 1. The fraction of sp³-hybridized carbons (Fsp3) is 0.754. The molecular weight excluding hydrogens is 1010 g/mol. The number of hydrogen-bond acceptors (Lipinski definition) is 16. The Morgan fingerprint density at radius 3 is 1.91 bits per heavy atom. The van der Waals surface area contributed by atoms with Gasteiger partial charge in [0.1, 0.15) is 5.01 Å². The van der Waals surface area contributed by atoms with Crippen LogP contribution in [0.25, 0.3) is 0 Å². The van der Waals surface area contributed by atoms with Gasteiger partial charge in [-0.05, 0) is 49.5 Å². The summed E-state index contributed by atoms with van der Waals surface area (Å²) in [5, 5.41) is 9.03. The molecule has 1 aliphatic heterocycles. The number of likely N-dealkylation sites (N-methyl/N-ethyl adjacent to an activating group) is 1. The minimum Gasteiger partial charge on any atom is -0.379 e. The molecule has 8 atom stereocenters. The number of carbonyl (C=O) groups excluding carboxylic acids is 5. The molecule has 0 radical (unpaired) electrons. The third-order valence-corrected chi connectivity index (χ3v) is 16.0. The third-order valence-electron chi connectivity index (χ3n) is 15.1. The number of ether oxygens (including phenoxy) is 8. The van der Waals surface area contributed by atoms with E-state index in [2.05, 4.69) is 22.5 Å². The van der Waals surface area contributed by atoms with Crippen LogP contribution in [-0.4, -0.2) is 188 Å². The molecule has 0 bridgehead atoms. The molecule has 2 aromatic rings. The minimum absolute atomic E-state index is 0.00824. The van der Waals surface area contributed by atoms with Crippen molar-refractivity contribution in [2.45, 2.75) is 141 Å². The monoisotopic (exact) mass is 1100 g/mol. The Morgan fingerprint density at radius 2 is 1.39 bits per heavy atom. The quantitative estimate of drug-likeness (QED) is 0.0692. The average Bonchev–Trinajstić information content (AvgIpc) is 4.26. The lowest BCUT2D eigenvalue weighted by Gasteiger charge is -2.41. The fourth-order valence-corrected chi connectivity index (χ4v) is 11.3.